The van der Waals surface area contributed by atoms with Gasteiger partial charge < -0.3 is 15.5 Å². The quantitative estimate of drug-likeness (QED) is 0.692. The number of allylic oxidation sites excluding steroid dienone is 1. The van der Waals surface area contributed by atoms with Crippen molar-refractivity contribution in [2.45, 2.75) is 44.6 Å². The molecule has 0 aromatic heterocycles. The first-order valence-electron chi connectivity index (χ1n) is 10.2. The molecular weight excluding hydrogens is 338 g/mol. The van der Waals surface area contributed by atoms with Crippen molar-refractivity contribution in [3.05, 3.63) is 47.5 Å². The predicted octanol–water partition coefficient (Wildman–Crippen LogP) is 2.28. The van der Waals surface area contributed by atoms with Crippen molar-refractivity contribution in [1.29, 1.82) is 0 Å². The van der Waals surface area contributed by atoms with Crippen molar-refractivity contribution in [3.63, 3.8) is 0 Å². The first-order chi connectivity index (χ1) is 13.2. The van der Waals surface area contributed by atoms with Crippen LogP contribution in [0.2, 0.25) is 0 Å². The maximum absolute atomic E-state index is 12.8. The van der Waals surface area contributed by atoms with Crippen LogP contribution in [0.25, 0.3) is 0 Å². The van der Waals surface area contributed by atoms with Crippen LogP contribution in [0, 0.1) is 5.41 Å². The van der Waals surface area contributed by atoms with Gasteiger partial charge >= 0.3 is 0 Å². The van der Waals surface area contributed by atoms with Crippen molar-refractivity contribution in [2.24, 2.45) is 5.41 Å². The van der Waals surface area contributed by atoms with Crippen molar-refractivity contribution in [3.8, 4) is 0 Å². The van der Waals surface area contributed by atoms with E-state index in [9.17, 15) is 9.59 Å². The first kappa shape index (κ1) is 18.2. The molecule has 1 saturated heterocycles. The molecule has 1 atom stereocenters. The molecule has 1 saturated carbocycles. The molecule has 0 bridgehead atoms. The van der Waals surface area contributed by atoms with Crippen LogP contribution in [0.1, 0.15) is 48.0 Å². The van der Waals surface area contributed by atoms with Gasteiger partial charge in [0.2, 0.25) is 5.91 Å². The van der Waals surface area contributed by atoms with Gasteiger partial charge in [-0.25, -0.2) is 0 Å². The number of carbonyl (C=O) groups is 2. The number of rotatable bonds is 0. The summed E-state index contributed by atoms with van der Waals surface area (Å²) in [7, 11) is 0. The Kier molecular flexibility index (Phi) is 5.30. The lowest BCUT2D eigenvalue weighted by molar-refractivity contribution is -0.132. The van der Waals surface area contributed by atoms with Crippen LogP contribution in [-0.2, 0) is 11.2 Å². The number of amides is 2. The van der Waals surface area contributed by atoms with E-state index in [1.165, 1.54) is 19.3 Å². The monoisotopic (exact) mass is 367 g/mol. The molecule has 2 heterocycles. The SMILES string of the molecule is O=C1NCC2CC3(CCC3)CN2C(=O)CCNCC=CCc2ccccc21. The summed E-state index contributed by atoms with van der Waals surface area (Å²) < 4.78 is 0. The number of nitrogens with one attached hydrogen (secondary N) is 2. The summed E-state index contributed by atoms with van der Waals surface area (Å²) in [6.07, 6.45) is 10.1. The molecule has 5 nitrogen and oxygen atoms in total. The second kappa shape index (κ2) is 7.85. The number of hydrogen-bond acceptors (Lipinski definition) is 3. The van der Waals surface area contributed by atoms with E-state index >= 15 is 0 Å². The van der Waals surface area contributed by atoms with E-state index in [2.05, 4.69) is 22.8 Å². The molecule has 1 spiro atoms. The fourth-order valence-corrected chi connectivity index (χ4v) is 4.72. The van der Waals surface area contributed by atoms with E-state index in [0.29, 0.717) is 24.9 Å². The van der Waals surface area contributed by atoms with E-state index < -0.39 is 0 Å². The molecule has 1 aromatic rings. The van der Waals surface area contributed by atoms with E-state index in [0.717, 1.165) is 37.1 Å². The topological polar surface area (TPSA) is 61.4 Å². The zero-order chi connectivity index (χ0) is 18.7. The summed E-state index contributed by atoms with van der Waals surface area (Å²) in [6, 6.07) is 7.91. The molecule has 3 aliphatic rings. The summed E-state index contributed by atoms with van der Waals surface area (Å²) in [4.78, 5) is 27.6. The highest BCUT2D eigenvalue weighted by molar-refractivity contribution is 5.95. The van der Waals surface area contributed by atoms with Crippen molar-refractivity contribution in [2.75, 3.05) is 26.2 Å². The Bertz CT molecular complexity index is 739. The molecule has 27 heavy (non-hydrogen) atoms. The Morgan fingerprint density at radius 2 is 1.96 bits per heavy atom. The molecule has 2 fully saturated rings. The highest BCUT2D eigenvalue weighted by atomic mass is 16.2. The Balaban J connectivity index is 1.54. The van der Waals surface area contributed by atoms with E-state index in [1.807, 2.05) is 29.2 Å². The zero-order valence-corrected chi connectivity index (χ0v) is 15.9. The van der Waals surface area contributed by atoms with Crippen molar-refractivity contribution >= 4 is 11.8 Å². The largest absolute Gasteiger partial charge is 0.350 e. The van der Waals surface area contributed by atoms with E-state index in [4.69, 9.17) is 0 Å². The maximum atomic E-state index is 12.8. The van der Waals surface area contributed by atoms with Gasteiger partial charge in [0, 0.05) is 44.2 Å². The summed E-state index contributed by atoms with van der Waals surface area (Å²) in [5.74, 6) is 0.179. The molecule has 1 aliphatic carbocycles. The number of hydrogen-bond donors (Lipinski definition) is 2. The number of fused-ring (bicyclic) bond motifs is 2. The fourth-order valence-electron chi connectivity index (χ4n) is 4.72. The summed E-state index contributed by atoms with van der Waals surface area (Å²) in [5.41, 5.74) is 2.08. The minimum absolute atomic E-state index is 0.0334. The van der Waals surface area contributed by atoms with Gasteiger partial charge in [0.1, 0.15) is 0 Å². The van der Waals surface area contributed by atoms with Crippen LogP contribution in [0.5, 0.6) is 0 Å². The van der Waals surface area contributed by atoms with Crippen LogP contribution in [-0.4, -0.2) is 48.9 Å². The van der Waals surface area contributed by atoms with Crippen molar-refractivity contribution in [1.82, 2.24) is 15.5 Å². The summed E-state index contributed by atoms with van der Waals surface area (Å²) >= 11 is 0. The highest BCUT2D eigenvalue weighted by Gasteiger charge is 2.48. The lowest BCUT2D eigenvalue weighted by Gasteiger charge is -2.37. The highest BCUT2D eigenvalue weighted by Crippen LogP contribution is 2.50. The summed E-state index contributed by atoms with van der Waals surface area (Å²) in [6.45, 7) is 2.85. The standard InChI is InChI=1S/C22H29N3O2/c26-20-9-13-23-12-4-3-7-17-6-1-2-8-19(17)21(27)24-15-18-14-22(10-5-11-22)16-25(18)20/h1-4,6,8,18,23H,5,7,9-16H2,(H,24,27). The Hall–Kier alpha value is -2.14. The number of nitrogens with zero attached hydrogens (tertiary/aromatic N) is 1. The summed E-state index contributed by atoms with van der Waals surface area (Å²) in [5, 5.41) is 6.44. The van der Waals surface area contributed by atoms with Gasteiger partial charge in [-0.1, -0.05) is 36.8 Å². The molecule has 1 aromatic carbocycles. The fraction of sp³-hybridized carbons (Fsp3) is 0.545. The van der Waals surface area contributed by atoms with E-state index in [1.54, 1.807) is 0 Å². The predicted molar refractivity (Wildman–Crippen MR) is 106 cm³/mol. The average Bonchev–Trinajstić information content (AvgIpc) is 3.05. The average molecular weight is 367 g/mol. The second-order valence-corrected chi connectivity index (χ2v) is 8.23. The molecule has 2 amide bonds. The van der Waals surface area contributed by atoms with Gasteiger partial charge in [-0.05, 0) is 42.7 Å². The van der Waals surface area contributed by atoms with Gasteiger partial charge in [-0.15, -0.1) is 0 Å². The van der Waals surface area contributed by atoms with Gasteiger partial charge in [0.15, 0.2) is 0 Å². The van der Waals surface area contributed by atoms with E-state index in [-0.39, 0.29) is 17.9 Å². The van der Waals surface area contributed by atoms with Crippen LogP contribution < -0.4 is 10.6 Å². The van der Waals surface area contributed by atoms with Crippen molar-refractivity contribution < 1.29 is 9.59 Å². The molecule has 4 rings (SSSR count). The minimum atomic E-state index is -0.0334. The van der Waals surface area contributed by atoms with Gasteiger partial charge in [-0.2, -0.15) is 0 Å². The Morgan fingerprint density at radius 3 is 2.78 bits per heavy atom. The van der Waals surface area contributed by atoms with Gasteiger partial charge in [-0.3, -0.25) is 9.59 Å². The minimum Gasteiger partial charge on any atom is -0.350 e. The lowest BCUT2D eigenvalue weighted by atomic mass is 9.67. The molecule has 5 heteroatoms. The smallest absolute Gasteiger partial charge is 0.251 e. The third kappa shape index (κ3) is 3.93. The zero-order valence-electron chi connectivity index (χ0n) is 15.9. The lowest BCUT2D eigenvalue weighted by Crippen LogP contribution is -2.44. The Labute approximate surface area is 161 Å². The van der Waals surface area contributed by atoms with Crippen LogP contribution in [0.4, 0.5) is 0 Å². The molecule has 144 valence electrons. The number of benzene rings is 1. The third-order valence-electron chi connectivity index (χ3n) is 6.39. The number of carbonyl (C=O) groups excluding carboxylic acids is 2. The molecule has 0 radical (unpaired) electrons. The molecular formula is C22H29N3O2. The van der Waals surface area contributed by atoms with Crippen LogP contribution >= 0.6 is 0 Å². The molecule has 2 N–H and O–H groups in total. The van der Waals surface area contributed by atoms with Crippen LogP contribution in [0.15, 0.2) is 36.4 Å². The normalized spacial score (nSPS) is 25.8. The molecule has 2 aliphatic heterocycles. The van der Waals surface area contributed by atoms with Gasteiger partial charge in [0.05, 0.1) is 0 Å². The van der Waals surface area contributed by atoms with Crippen LogP contribution in [0.3, 0.4) is 0 Å². The molecule has 1 unspecified atom stereocenters. The maximum Gasteiger partial charge on any atom is 0.251 e. The third-order valence-corrected chi connectivity index (χ3v) is 6.39. The van der Waals surface area contributed by atoms with Gasteiger partial charge in [0.25, 0.3) is 5.91 Å². The Morgan fingerprint density at radius 1 is 1.11 bits per heavy atom. The first-order valence-corrected chi connectivity index (χ1v) is 10.2. The second-order valence-electron chi connectivity index (χ2n) is 8.23.